The minimum atomic E-state index is 1.15. The molecule has 1 heteroatoms. The third kappa shape index (κ3) is 1.71. The number of benzene rings is 1. The summed E-state index contributed by atoms with van der Waals surface area (Å²) in [6.45, 7) is 2.25. The quantitative estimate of drug-likeness (QED) is 0.748. The number of nitrogens with zero attached hydrogens (tertiary/aromatic N) is 1. The first kappa shape index (κ1) is 11.3. The van der Waals surface area contributed by atoms with Crippen molar-refractivity contribution in [3.05, 3.63) is 65.3 Å². The number of allylic oxidation sites excluding steroid dienone is 1. The van der Waals surface area contributed by atoms with Gasteiger partial charge in [-0.1, -0.05) is 37.6 Å². The number of hydrogen-bond donors (Lipinski definition) is 0. The number of aromatic nitrogens is 1. The molecular formula is C17H18N. The Hall–Kier alpha value is -1.76. The van der Waals surface area contributed by atoms with Crippen molar-refractivity contribution < 1.29 is 0 Å². The van der Waals surface area contributed by atoms with Gasteiger partial charge in [-0.25, -0.2) is 0 Å². The molecule has 1 aromatic carbocycles. The predicted molar refractivity (Wildman–Crippen MR) is 77.0 cm³/mol. The zero-order valence-corrected chi connectivity index (χ0v) is 11.0. The van der Waals surface area contributed by atoms with E-state index in [0.29, 0.717) is 0 Å². The van der Waals surface area contributed by atoms with Crippen molar-refractivity contribution in [1.29, 1.82) is 0 Å². The molecule has 3 rings (SSSR count). The third-order valence-corrected chi connectivity index (χ3v) is 3.63. The fourth-order valence-corrected chi connectivity index (χ4v) is 2.77. The number of fused-ring (bicyclic) bond motifs is 1. The van der Waals surface area contributed by atoms with Crippen LogP contribution in [0, 0.1) is 5.92 Å². The van der Waals surface area contributed by atoms with E-state index in [1.165, 1.54) is 34.7 Å². The highest BCUT2D eigenvalue weighted by Crippen LogP contribution is 2.43. The molecule has 2 aromatic rings. The smallest absolute Gasteiger partial charge is 0.0446 e. The molecule has 0 spiro atoms. The van der Waals surface area contributed by atoms with Crippen LogP contribution in [-0.2, 0) is 7.05 Å². The minimum absolute atomic E-state index is 1.15. The first-order valence-corrected chi connectivity index (χ1v) is 6.60. The second-order valence-corrected chi connectivity index (χ2v) is 4.88. The molecule has 1 radical (unpaired) electrons. The lowest BCUT2D eigenvalue weighted by Gasteiger charge is -2.16. The van der Waals surface area contributed by atoms with Crippen molar-refractivity contribution in [2.24, 2.45) is 7.05 Å². The van der Waals surface area contributed by atoms with E-state index in [0.717, 1.165) is 6.42 Å². The van der Waals surface area contributed by atoms with Crippen molar-refractivity contribution in [1.82, 2.24) is 4.57 Å². The van der Waals surface area contributed by atoms with E-state index in [4.69, 9.17) is 0 Å². The molecule has 0 unspecified atom stereocenters. The summed E-state index contributed by atoms with van der Waals surface area (Å²) in [4.78, 5) is 0. The monoisotopic (exact) mass is 236 g/mol. The number of aryl methyl sites for hydroxylation is 1. The maximum Gasteiger partial charge on any atom is 0.0446 e. The normalized spacial score (nSPS) is 14.7. The van der Waals surface area contributed by atoms with Crippen LogP contribution in [0.25, 0.3) is 11.6 Å². The molecule has 18 heavy (non-hydrogen) atoms. The van der Waals surface area contributed by atoms with Crippen molar-refractivity contribution in [2.45, 2.75) is 19.8 Å². The Bertz CT molecular complexity index is 589. The number of rotatable bonds is 3. The molecule has 0 saturated heterocycles. The Labute approximate surface area is 109 Å². The van der Waals surface area contributed by atoms with Crippen LogP contribution in [0.15, 0.2) is 42.6 Å². The van der Waals surface area contributed by atoms with Crippen LogP contribution in [0.4, 0.5) is 0 Å². The van der Waals surface area contributed by atoms with E-state index >= 15 is 0 Å². The Morgan fingerprint density at radius 2 is 1.89 bits per heavy atom. The van der Waals surface area contributed by atoms with Gasteiger partial charge in [0.15, 0.2) is 0 Å². The van der Waals surface area contributed by atoms with Crippen molar-refractivity contribution in [3.8, 4) is 0 Å². The highest BCUT2D eigenvalue weighted by atomic mass is 14.9. The second kappa shape index (κ2) is 4.49. The van der Waals surface area contributed by atoms with Gasteiger partial charge in [-0.3, -0.25) is 0 Å². The molecule has 0 amide bonds. The lowest BCUT2D eigenvalue weighted by atomic mass is 9.90. The van der Waals surface area contributed by atoms with E-state index in [9.17, 15) is 0 Å². The van der Waals surface area contributed by atoms with E-state index in [1.54, 1.807) is 0 Å². The van der Waals surface area contributed by atoms with Gasteiger partial charge >= 0.3 is 0 Å². The molecular weight excluding hydrogens is 218 g/mol. The molecule has 1 nitrogen and oxygen atoms in total. The number of hydrogen-bond acceptors (Lipinski definition) is 0. The Balaban J connectivity index is 2.08. The topological polar surface area (TPSA) is 4.93 Å². The molecule has 0 atom stereocenters. The van der Waals surface area contributed by atoms with Gasteiger partial charge in [-0.15, -0.1) is 0 Å². The highest BCUT2D eigenvalue weighted by molar-refractivity contribution is 5.97. The summed E-state index contributed by atoms with van der Waals surface area (Å²) >= 11 is 0. The lowest BCUT2D eigenvalue weighted by molar-refractivity contribution is 0.855. The van der Waals surface area contributed by atoms with E-state index in [-0.39, 0.29) is 0 Å². The maximum atomic E-state index is 2.33. The fourth-order valence-electron chi connectivity index (χ4n) is 2.77. The van der Waals surface area contributed by atoms with Gasteiger partial charge in [0.2, 0.25) is 0 Å². The predicted octanol–water partition coefficient (Wildman–Crippen LogP) is 4.30. The van der Waals surface area contributed by atoms with Crippen LogP contribution in [0.5, 0.6) is 0 Å². The third-order valence-electron chi connectivity index (χ3n) is 3.63. The van der Waals surface area contributed by atoms with Gasteiger partial charge in [0.25, 0.3) is 0 Å². The Kier molecular flexibility index (Phi) is 2.83. The summed E-state index contributed by atoms with van der Waals surface area (Å²) in [5.74, 6) is 1.50. The largest absolute Gasteiger partial charge is 0.351 e. The van der Waals surface area contributed by atoms with Gasteiger partial charge in [0.1, 0.15) is 0 Å². The summed E-state index contributed by atoms with van der Waals surface area (Å²) in [6, 6.07) is 13.0. The van der Waals surface area contributed by atoms with Crippen LogP contribution >= 0.6 is 0 Å². The van der Waals surface area contributed by atoms with Crippen LogP contribution in [0.2, 0.25) is 0 Å². The summed E-state index contributed by atoms with van der Waals surface area (Å²) in [7, 11) is 2.11. The molecule has 0 N–H and O–H groups in total. The van der Waals surface area contributed by atoms with Crippen molar-refractivity contribution >= 4 is 11.6 Å². The van der Waals surface area contributed by atoms with Gasteiger partial charge in [0.05, 0.1) is 0 Å². The average Bonchev–Trinajstić information content (AvgIpc) is 2.94. The molecule has 91 valence electrons. The molecule has 1 aliphatic rings. The standard InChI is InChI=1S/C17H18N/c1-3-7-15-14-9-5-4-8-13(14)12-16(15)17-10-6-11-18(17)2/h4-6,8-12H,3,7H2,1-2H3. The minimum Gasteiger partial charge on any atom is -0.351 e. The van der Waals surface area contributed by atoms with E-state index in [1.807, 2.05) is 0 Å². The maximum absolute atomic E-state index is 2.33. The average molecular weight is 236 g/mol. The van der Waals surface area contributed by atoms with Crippen LogP contribution in [-0.4, -0.2) is 4.57 Å². The first-order valence-electron chi connectivity index (χ1n) is 6.60. The summed E-state index contributed by atoms with van der Waals surface area (Å²) in [5, 5.41) is 0. The molecule has 0 saturated carbocycles. The molecule has 1 aromatic heterocycles. The summed E-state index contributed by atoms with van der Waals surface area (Å²) in [6.07, 6.45) is 6.78. The fraction of sp³-hybridized carbons (Fsp3) is 0.235. The second-order valence-electron chi connectivity index (χ2n) is 4.88. The molecule has 0 fully saturated rings. The molecule has 1 aliphatic carbocycles. The van der Waals surface area contributed by atoms with Gasteiger partial charge < -0.3 is 4.57 Å². The van der Waals surface area contributed by atoms with Crippen molar-refractivity contribution in [3.63, 3.8) is 0 Å². The molecule has 0 aliphatic heterocycles. The van der Waals surface area contributed by atoms with Crippen molar-refractivity contribution in [2.75, 3.05) is 0 Å². The van der Waals surface area contributed by atoms with E-state index in [2.05, 4.69) is 67.2 Å². The van der Waals surface area contributed by atoms with E-state index < -0.39 is 0 Å². The van der Waals surface area contributed by atoms with Crippen LogP contribution in [0.1, 0.15) is 36.6 Å². The molecule has 0 bridgehead atoms. The SMILES string of the molecule is CCC[C]1C(c2cccn2C)=Cc2ccccc21. The zero-order valence-electron chi connectivity index (χ0n) is 11.0. The van der Waals surface area contributed by atoms with Crippen LogP contribution in [0.3, 0.4) is 0 Å². The Morgan fingerprint density at radius 1 is 1.06 bits per heavy atom. The summed E-state index contributed by atoms with van der Waals surface area (Å²) in [5.41, 5.74) is 5.48. The van der Waals surface area contributed by atoms with Gasteiger partial charge in [-0.2, -0.15) is 0 Å². The van der Waals surface area contributed by atoms with Gasteiger partial charge in [0, 0.05) is 24.9 Å². The summed E-state index contributed by atoms with van der Waals surface area (Å²) < 4.78 is 2.20. The molecule has 1 heterocycles. The first-order chi connectivity index (χ1) is 8.81. The van der Waals surface area contributed by atoms with Crippen LogP contribution < -0.4 is 0 Å². The highest BCUT2D eigenvalue weighted by Gasteiger charge is 2.26. The lowest BCUT2D eigenvalue weighted by Crippen LogP contribution is -2.02. The Morgan fingerprint density at radius 3 is 2.61 bits per heavy atom. The zero-order chi connectivity index (χ0) is 12.5. The van der Waals surface area contributed by atoms with Gasteiger partial charge in [-0.05, 0) is 41.3 Å².